The Labute approximate surface area is 114 Å². The first-order chi connectivity index (χ1) is 9.67. The number of carbonyl (C=O) groups is 1. The maximum absolute atomic E-state index is 11.0. The van der Waals surface area contributed by atoms with Crippen molar-refractivity contribution in [2.24, 2.45) is 0 Å². The maximum atomic E-state index is 11.0. The lowest BCUT2D eigenvalue weighted by Gasteiger charge is -2.02. The van der Waals surface area contributed by atoms with E-state index in [1.165, 1.54) is 0 Å². The highest BCUT2D eigenvalue weighted by Gasteiger charge is 2.10. The smallest absolute Gasteiger partial charge is 0.335 e. The number of carboxylic acid groups (broad SMARTS) is 1. The molecule has 2 aromatic heterocycles. The van der Waals surface area contributed by atoms with Crippen molar-refractivity contribution >= 4 is 16.9 Å². The van der Waals surface area contributed by atoms with Crippen LogP contribution in [-0.4, -0.2) is 25.8 Å². The SMILES string of the molecule is CCc1nc(Cn2ccc3ccc(C(=O)O)cc32)no1. The van der Waals surface area contributed by atoms with Gasteiger partial charge in [-0.15, -0.1) is 0 Å². The summed E-state index contributed by atoms with van der Waals surface area (Å²) in [4.78, 5) is 15.3. The van der Waals surface area contributed by atoms with Crippen LogP contribution in [0.2, 0.25) is 0 Å². The van der Waals surface area contributed by atoms with Crippen LogP contribution in [0.5, 0.6) is 0 Å². The first-order valence-corrected chi connectivity index (χ1v) is 6.31. The molecule has 1 N–H and O–H groups in total. The molecule has 20 heavy (non-hydrogen) atoms. The number of nitrogens with zero attached hydrogens (tertiary/aromatic N) is 3. The van der Waals surface area contributed by atoms with Crippen molar-refractivity contribution in [2.45, 2.75) is 19.9 Å². The topological polar surface area (TPSA) is 81.2 Å². The molecule has 0 fully saturated rings. The Bertz CT molecular complexity index is 773. The van der Waals surface area contributed by atoms with E-state index in [-0.39, 0.29) is 5.56 Å². The van der Waals surface area contributed by atoms with Crippen LogP contribution in [0.4, 0.5) is 0 Å². The minimum Gasteiger partial charge on any atom is -0.478 e. The van der Waals surface area contributed by atoms with Gasteiger partial charge in [0.2, 0.25) is 5.89 Å². The van der Waals surface area contributed by atoms with E-state index in [1.807, 2.05) is 23.8 Å². The van der Waals surface area contributed by atoms with Gasteiger partial charge in [0.05, 0.1) is 12.1 Å². The molecular formula is C14H13N3O3. The van der Waals surface area contributed by atoms with E-state index in [1.54, 1.807) is 18.2 Å². The molecule has 0 bridgehead atoms. The summed E-state index contributed by atoms with van der Waals surface area (Å²) in [6.45, 7) is 2.40. The number of hydrogen-bond donors (Lipinski definition) is 1. The quantitative estimate of drug-likeness (QED) is 0.787. The molecule has 2 heterocycles. The Balaban J connectivity index is 1.98. The van der Waals surface area contributed by atoms with E-state index in [9.17, 15) is 4.79 Å². The number of fused-ring (bicyclic) bond motifs is 1. The van der Waals surface area contributed by atoms with Gasteiger partial charge in [0, 0.05) is 18.1 Å². The summed E-state index contributed by atoms with van der Waals surface area (Å²) in [5.41, 5.74) is 1.10. The van der Waals surface area contributed by atoms with Crippen LogP contribution in [0.25, 0.3) is 10.9 Å². The molecule has 3 rings (SSSR count). The summed E-state index contributed by atoms with van der Waals surface area (Å²) in [6.07, 6.45) is 2.58. The van der Waals surface area contributed by atoms with Gasteiger partial charge >= 0.3 is 5.97 Å². The van der Waals surface area contributed by atoms with Crippen LogP contribution in [0.15, 0.2) is 35.0 Å². The van der Waals surface area contributed by atoms with E-state index in [0.29, 0.717) is 24.7 Å². The van der Waals surface area contributed by atoms with Crippen LogP contribution in [0.1, 0.15) is 29.0 Å². The summed E-state index contributed by atoms with van der Waals surface area (Å²) in [7, 11) is 0. The summed E-state index contributed by atoms with van der Waals surface area (Å²) >= 11 is 0. The molecule has 3 aromatic rings. The molecule has 6 heteroatoms. The number of aromatic carboxylic acids is 1. The zero-order valence-electron chi connectivity index (χ0n) is 10.9. The molecule has 0 saturated carbocycles. The van der Waals surface area contributed by atoms with Gasteiger partial charge in [0.1, 0.15) is 0 Å². The highest BCUT2D eigenvalue weighted by atomic mass is 16.5. The lowest BCUT2D eigenvalue weighted by Crippen LogP contribution is -2.01. The first kappa shape index (κ1) is 12.4. The second-order valence-corrected chi connectivity index (χ2v) is 4.48. The highest BCUT2D eigenvalue weighted by Crippen LogP contribution is 2.18. The van der Waals surface area contributed by atoms with Gasteiger partial charge in [-0.2, -0.15) is 4.98 Å². The van der Waals surface area contributed by atoms with E-state index in [4.69, 9.17) is 9.63 Å². The zero-order valence-corrected chi connectivity index (χ0v) is 10.9. The largest absolute Gasteiger partial charge is 0.478 e. The zero-order chi connectivity index (χ0) is 14.1. The number of hydrogen-bond acceptors (Lipinski definition) is 4. The third-order valence-corrected chi connectivity index (χ3v) is 3.15. The Morgan fingerprint density at radius 3 is 2.95 bits per heavy atom. The molecule has 0 aliphatic rings. The predicted octanol–water partition coefficient (Wildman–Crippen LogP) is 2.33. The van der Waals surface area contributed by atoms with Gasteiger partial charge in [-0.3, -0.25) is 0 Å². The highest BCUT2D eigenvalue weighted by molar-refractivity contribution is 5.93. The average molecular weight is 271 g/mol. The lowest BCUT2D eigenvalue weighted by atomic mass is 10.1. The molecule has 102 valence electrons. The summed E-state index contributed by atoms with van der Waals surface area (Å²) in [5.74, 6) is 0.246. The molecule has 0 saturated heterocycles. The second kappa shape index (κ2) is 4.80. The van der Waals surface area contributed by atoms with Gasteiger partial charge in [-0.1, -0.05) is 18.1 Å². The Hall–Kier alpha value is -2.63. The summed E-state index contributed by atoms with van der Waals surface area (Å²) in [6, 6.07) is 6.97. The fourth-order valence-corrected chi connectivity index (χ4v) is 2.11. The van der Waals surface area contributed by atoms with Gasteiger partial charge in [0.15, 0.2) is 5.82 Å². The van der Waals surface area contributed by atoms with Crippen molar-refractivity contribution in [3.63, 3.8) is 0 Å². The van der Waals surface area contributed by atoms with Crippen LogP contribution in [0.3, 0.4) is 0 Å². The number of benzene rings is 1. The predicted molar refractivity (Wildman–Crippen MR) is 71.7 cm³/mol. The molecule has 0 amide bonds. The minimum atomic E-state index is -0.938. The number of rotatable bonds is 4. The van der Waals surface area contributed by atoms with Gasteiger partial charge in [-0.25, -0.2) is 4.79 Å². The molecule has 0 spiro atoms. The van der Waals surface area contributed by atoms with Crippen LogP contribution in [-0.2, 0) is 13.0 Å². The molecule has 0 radical (unpaired) electrons. The molecule has 6 nitrogen and oxygen atoms in total. The normalized spacial score (nSPS) is 11.1. The van der Waals surface area contributed by atoms with Crippen molar-refractivity contribution in [1.82, 2.24) is 14.7 Å². The third kappa shape index (κ3) is 2.16. The molecule has 0 aliphatic heterocycles. The molecule has 0 unspecified atom stereocenters. The minimum absolute atomic E-state index is 0.264. The van der Waals surface area contributed by atoms with E-state index < -0.39 is 5.97 Å². The maximum Gasteiger partial charge on any atom is 0.335 e. The van der Waals surface area contributed by atoms with Crippen LogP contribution >= 0.6 is 0 Å². The van der Waals surface area contributed by atoms with E-state index in [0.717, 1.165) is 10.9 Å². The summed E-state index contributed by atoms with van der Waals surface area (Å²) in [5, 5.41) is 13.9. The third-order valence-electron chi connectivity index (χ3n) is 3.15. The fourth-order valence-electron chi connectivity index (χ4n) is 2.11. The first-order valence-electron chi connectivity index (χ1n) is 6.31. The van der Waals surface area contributed by atoms with Gasteiger partial charge in [-0.05, 0) is 23.6 Å². The molecular weight excluding hydrogens is 258 g/mol. The van der Waals surface area contributed by atoms with E-state index in [2.05, 4.69) is 10.1 Å². The van der Waals surface area contributed by atoms with Crippen molar-refractivity contribution in [2.75, 3.05) is 0 Å². The monoisotopic (exact) mass is 271 g/mol. The standard InChI is InChI=1S/C14H13N3O3/c1-2-13-15-12(16-20-13)8-17-6-5-9-3-4-10(14(18)19)7-11(9)17/h3-7H,2,8H2,1H3,(H,18,19). The number of aromatic nitrogens is 3. The number of aryl methyl sites for hydroxylation is 1. The molecule has 0 atom stereocenters. The lowest BCUT2D eigenvalue weighted by molar-refractivity contribution is 0.0697. The van der Waals surface area contributed by atoms with E-state index >= 15 is 0 Å². The Morgan fingerprint density at radius 2 is 2.25 bits per heavy atom. The van der Waals surface area contributed by atoms with Crippen LogP contribution in [0, 0.1) is 0 Å². The summed E-state index contributed by atoms with van der Waals surface area (Å²) < 4.78 is 6.98. The fraction of sp³-hybridized carbons (Fsp3) is 0.214. The Morgan fingerprint density at radius 1 is 1.40 bits per heavy atom. The molecule has 1 aromatic carbocycles. The average Bonchev–Trinajstić information content (AvgIpc) is 3.06. The Kier molecular flexibility index (Phi) is 2.98. The van der Waals surface area contributed by atoms with Crippen molar-refractivity contribution in [3.8, 4) is 0 Å². The second-order valence-electron chi connectivity index (χ2n) is 4.48. The van der Waals surface area contributed by atoms with Gasteiger partial charge < -0.3 is 14.2 Å². The van der Waals surface area contributed by atoms with Gasteiger partial charge in [0.25, 0.3) is 0 Å². The van der Waals surface area contributed by atoms with Crippen molar-refractivity contribution < 1.29 is 14.4 Å². The number of carboxylic acids is 1. The van der Waals surface area contributed by atoms with Crippen molar-refractivity contribution in [3.05, 3.63) is 47.7 Å². The molecule has 0 aliphatic carbocycles. The van der Waals surface area contributed by atoms with Crippen LogP contribution < -0.4 is 0 Å². The van der Waals surface area contributed by atoms with Crippen molar-refractivity contribution in [1.29, 1.82) is 0 Å².